The van der Waals surface area contributed by atoms with E-state index in [4.69, 9.17) is 4.42 Å². The van der Waals surface area contributed by atoms with Gasteiger partial charge in [0.05, 0.1) is 5.69 Å². The summed E-state index contributed by atoms with van der Waals surface area (Å²) in [6.45, 7) is 6.17. The van der Waals surface area contributed by atoms with E-state index in [1.807, 2.05) is 67.6 Å². The Kier molecular flexibility index (Phi) is 5.44. The highest BCUT2D eigenvalue weighted by Gasteiger charge is 2.14. The van der Waals surface area contributed by atoms with E-state index in [-0.39, 0.29) is 11.5 Å². The van der Waals surface area contributed by atoms with Gasteiger partial charge in [0.25, 0.3) is 5.91 Å². The minimum Gasteiger partial charge on any atom is -0.438 e. The number of hydrogen-bond acceptors (Lipinski definition) is 4. The molecule has 0 fully saturated rings. The number of amides is 1. The predicted molar refractivity (Wildman–Crippen MR) is 119 cm³/mol. The molecule has 0 aliphatic heterocycles. The molecule has 0 bridgehead atoms. The monoisotopic (exact) mass is 397 g/mol. The van der Waals surface area contributed by atoms with Crippen LogP contribution in [0.15, 0.2) is 82.2 Å². The molecule has 2 aromatic heterocycles. The summed E-state index contributed by atoms with van der Waals surface area (Å²) in [5, 5.41) is 3.67. The third kappa shape index (κ3) is 4.30. The zero-order valence-electron chi connectivity index (χ0n) is 17.2. The molecule has 2 aromatic carbocycles. The Morgan fingerprint density at radius 1 is 1.00 bits per heavy atom. The van der Waals surface area contributed by atoms with Crippen molar-refractivity contribution in [3.05, 3.63) is 95.2 Å². The molecule has 0 saturated heterocycles. The maximum Gasteiger partial charge on any atom is 0.262 e. The molecule has 0 spiro atoms. The van der Waals surface area contributed by atoms with Crippen molar-refractivity contribution in [2.45, 2.75) is 26.7 Å². The quantitative estimate of drug-likeness (QED) is 0.477. The van der Waals surface area contributed by atoms with Gasteiger partial charge in [0.2, 0.25) is 5.55 Å². The van der Waals surface area contributed by atoms with Crippen molar-refractivity contribution >= 4 is 28.4 Å². The molecule has 0 saturated carbocycles. The molecule has 5 nitrogen and oxygen atoms in total. The molecule has 0 aliphatic carbocycles. The second-order valence-corrected chi connectivity index (χ2v) is 7.48. The summed E-state index contributed by atoms with van der Waals surface area (Å²) in [6, 6.07) is 22.8. The molecular weight excluding hydrogens is 374 g/mol. The number of pyridine rings is 1. The zero-order chi connectivity index (χ0) is 21.1. The highest BCUT2D eigenvalue weighted by molar-refractivity contribution is 6.04. The maximum atomic E-state index is 13.1. The van der Waals surface area contributed by atoms with Gasteiger partial charge in [-0.05, 0) is 54.8 Å². The van der Waals surface area contributed by atoms with Crippen LogP contribution in [0, 0.1) is 6.92 Å². The molecule has 150 valence electrons. The molecule has 4 aromatic rings. The SMILES string of the molecule is Cc1cccc(NC(=O)c2cc3ccccc3oc2=Nc2ccc(C(C)C)cc2)n1. The summed E-state index contributed by atoms with van der Waals surface area (Å²) in [6.07, 6.45) is 0. The van der Waals surface area contributed by atoms with Gasteiger partial charge in [-0.25, -0.2) is 9.98 Å². The fourth-order valence-electron chi connectivity index (χ4n) is 3.16. The van der Waals surface area contributed by atoms with Gasteiger partial charge in [0.15, 0.2) is 0 Å². The lowest BCUT2D eigenvalue weighted by molar-refractivity contribution is 0.102. The van der Waals surface area contributed by atoms with Gasteiger partial charge in [0.1, 0.15) is 17.0 Å². The molecule has 5 heteroatoms. The Balaban J connectivity index is 1.80. The molecular formula is C25H23N3O2. The number of para-hydroxylation sites is 1. The maximum absolute atomic E-state index is 13.1. The van der Waals surface area contributed by atoms with Gasteiger partial charge in [-0.1, -0.05) is 50.2 Å². The van der Waals surface area contributed by atoms with Crippen molar-refractivity contribution < 1.29 is 9.21 Å². The zero-order valence-corrected chi connectivity index (χ0v) is 17.2. The molecule has 0 unspecified atom stereocenters. The lowest BCUT2D eigenvalue weighted by Crippen LogP contribution is -2.22. The van der Waals surface area contributed by atoms with Gasteiger partial charge >= 0.3 is 0 Å². The third-order valence-electron chi connectivity index (χ3n) is 4.82. The van der Waals surface area contributed by atoms with Crippen LogP contribution in [0.2, 0.25) is 0 Å². The van der Waals surface area contributed by atoms with Gasteiger partial charge in [-0.3, -0.25) is 4.79 Å². The smallest absolute Gasteiger partial charge is 0.262 e. The summed E-state index contributed by atoms with van der Waals surface area (Å²) >= 11 is 0. The Bertz CT molecular complexity index is 1270. The number of nitrogens with zero attached hydrogens (tertiary/aromatic N) is 2. The fourth-order valence-corrected chi connectivity index (χ4v) is 3.16. The van der Waals surface area contributed by atoms with E-state index in [0.29, 0.717) is 22.9 Å². The van der Waals surface area contributed by atoms with Crippen LogP contribution in [0.3, 0.4) is 0 Å². The van der Waals surface area contributed by atoms with Crippen LogP contribution in [-0.4, -0.2) is 10.9 Å². The lowest BCUT2D eigenvalue weighted by Gasteiger charge is -2.07. The molecule has 30 heavy (non-hydrogen) atoms. The predicted octanol–water partition coefficient (Wildman–Crippen LogP) is 5.74. The lowest BCUT2D eigenvalue weighted by atomic mass is 10.0. The van der Waals surface area contributed by atoms with E-state index in [1.54, 1.807) is 12.1 Å². The first-order valence-electron chi connectivity index (χ1n) is 9.92. The summed E-state index contributed by atoms with van der Waals surface area (Å²) in [7, 11) is 0. The van der Waals surface area contributed by atoms with E-state index in [9.17, 15) is 4.79 Å². The van der Waals surface area contributed by atoms with E-state index in [2.05, 4.69) is 29.1 Å². The third-order valence-corrected chi connectivity index (χ3v) is 4.82. The fraction of sp³-hybridized carbons (Fsp3) is 0.160. The molecule has 4 rings (SSSR count). The Labute approximate surface area is 175 Å². The molecule has 1 amide bonds. The first-order chi connectivity index (χ1) is 14.5. The number of carbonyl (C=O) groups is 1. The van der Waals surface area contributed by atoms with Crippen LogP contribution in [-0.2, 0) is 0 Å². The number of aromatic nitrogens is 1. The first-order valence-corrected chi connectivity index (χ1v) is 9.92. The van der Waals surface area contributed by atoms with E-state index < -0.39 is 0 Å². The Morgan fingerprint density at radius 2 is 1.77 bits per heavy atom. The summed E-state index contributed by atoms with van der Waals surface area (Å²) in [4.78, 5) is 22.0. The molecule has 0 atom stereocenters. The Morgan fingerprint density at radius 3 is 2.50 bits per heavy atom. The number of anilines is 1. The number of hydrogen-bond donors (Lipinski definition) is 1. The van der Waals surface area contributed by atoms with Crippen molar-refractivity contribution in [2.24, 2.45) is 4.99 Å². The normalized spacial score (nSPS) is 11.8. The molecule has 2 heterocycles. The van der Waals surface area contributed by atoms with Gasteiger partial charge < -0.3 is 9.73 Å². The van der Waals surface area contributed by atoms with Gasteiger partial charge in [-0.2, -0.15) is 0 Å². The van der Waals surface area contributed by atoms with Crippen LogP contribution < -0.4 is 10.9 Å². The topological polar surface area (TPSA) is 67.5 Å². The average Bonchev–Trinajstić information content (AvgIpc) is 2.73. The van der Waals surface area contributed by atoms with Crippen molar-refractivity contribution in [1.82, 2.24) is 4.98 Å². The van der Waals surface area contributed by atoms with E-state index in [1.165, 1.54) is 5.56 Å². The van der Waals surface area contributed by atoms with Crippen molar-refractivity contribution in [3.8, 4) is 0 Å². The number of aryl methyl sites for hydroxylation is 1. The average molecular weight is 397 g/mol. The van der Waals surface area contributed by atoms with Crippen LogP contribution in [0.1, 0.15) is 41.4 Å². The van der Waals surface area contributed by atoms with Crippen LogP contribution in [0.5, 0.6) is 0 Å². The number of benzene rings is 2. The second kappa shape index (κ2) is 8.33. The summed E-state index contributed by atoms with van der Waals surface area (Å²) < 4.78 is 6.01. The second-order valence-electron chi connectivity index (χ2n) is 7.48. The van der Waals surface area contributed by atoms with Crippen LogP contribution in [0.25, 0.3) is 11.0 Å². The van der Waals surface area contributed by atoms with Crippen molar-refractivity contribution in [1.29, 1.82) is 0 Å². The Hall–Kier alpha value is -3.73. The largest absolute Gasteiger partial charge is 0.438 e. The first kappa shape index (κ1) is 19.6. The number of fused-ring (bicyclic) bond motifs is 1. The van der Waals surface area contributed by atoms with Crippen molar-refractivity contribution in [2.75, 3.05) is 5.32 Å². The van der Waals surface area contributed by atoms with Crippen LogP contribution >= 0.6 is 0 Å². The number of carbonyl (C=O) groups excluding carboxylic acids is 1. The van der Waals surface area contributed by atoms with Gasteiger partial charge in [0, 0.05) is 11.1 Å². The molecule has 0 aliphatic rings. The summed E-state index contributed by atoms with van der Waals surface area (Å²) in [5.74, 6) is 0.605. The molecule has 0 radical (unpaired) electrons. The van der Waals surface area contributed by atoms with Crippen LogP contribution in [0.4, 0.5) is 11.5 Å². The van der Waals surface area contributed by atoms with Gasteiger partial charge in [-0.15, -0.1) is 0 Å². The minimum absolute atomic E-state index is 0.260. The van der Waals surface area contributed by atoms with E-state index in [0.717, 1.165) is 16.8 Å². The van der Waals surface area contributed by atoms with Crippen molar-refractivity contribution in [3.63, 3.8) is 0 Å². The van der Waals surface area contributed by atoms with E-state index >= 15 is 0 Å². The highest BCUT2D eigenvalue weighted by Crippen LogP contribution is 2.20. The number of nitrogens with one attached hydrogen (secondary N) is 1. The standard InChI is InChI=1S/C25H23N3O2/c1-16(2)18-11-13-20(14-12-18)27-25-21(15-19-8-4-5-9-22(19)30-25)24(29)28-23-10-6-7-17(3)26-23/h4-16H,1-3H3,(H,26,28,29). The highest BCUT2D eigenvalue weighted by atomic mass is 16.3. The number of rotatable bonds is 4. The molecule has 1 N–H and O–H groups in total. The summed E-state index contributed by atoms with van der Waals surface area (Å²) in [5.41, 5.74) is 4.06. The minimum atomic E-state index is -0.319.